The molecule has 0 aliphatic carbocycles. The summed E-state index contributed by atoms with van der Waals surface area (Å²) in [5.74, 6) is -0.198. The molecule has 2 aromatic heterocycles. The molecule has 0 bridgehead atoms. The Balaban J connectivity index is 1.44. The van der Waals surface area contributed by atoms with Crippen LogP contribution in [0.25, 0.3) is 33.6 Å². The fraction of sp³-hybridized carbons (Fsp3) is 0.0968. The normalized spacial score (nSPS) is 11.5. The molecule has 186 valence electrons. The van der Waals surface area contributed by atoms with Crippen molar-refractivity contribution < 1.29 is 4.79 Å². The highest BCUT2D eigenvalue weighted by Crippen LogP contribution is 2.36. The number of thiazole rings is 1. The summed E-state index contributed by atoms with van der Waals surface area (Å²) in [6, 6.07) is 32.1. The first-order valence-electron chi connectivity index (χ1n) is 12.1. The monoisotopic (exact) mass is 532 g/mol. The fourth-order valence-electron chi connectivity index (χ4n) is 3.93. The van der Waals surface area contributed by atoms with Crippen molar-refractivity contribution in [3.63, 3.8) is 0 Å². The van der Waals surface area contributed by atoms with Crippen LogP contribution in [0.3, 0.4) is 0 Å². The lowest BCUT2D eigenvalue weighted by Crippen LogP contribution is -2.22. The van der Waals surface area contributed by atoms with Gasteiger partial charge >= 0.3 is 0 Å². The number of rotatable bonds is 7. The summed E-state index contributed by atoms with van der Waals surface area (Å²) in [6.45, 7) is 3.85. The second-order valence-electron chi connectivity index (χ2n) is 8.73. The molecule has 1 N–H and O–H groups in total. The minimum atomic E-state index is -0.504. The Bertz CT molecular complexity index is 1610. The SMILES string of the molecule is Cc1ccc(-c2cc(-c3ccccc3)nc(SC(C)C(=O)Nc3nc(-c4ccccc4)cs3)c2C#N)cc1. The van der Waals surface area contributed by atoms with Gasteiger partial charge in [0.15, 0.2) is 5.13 Å². The van der Waals surface area contributed by atoms with E-state index in [-0.39, 0.29) is 5.91 Å². The first-order chi connectivity index (χ1) is 18.5. The van der Waals surface area contributed by atoms with Gasteiger partial charge in [-0.15, -0.1) is 11.3 Å². The third-order valence-corrected chi connectivity index (χ3v) is 7.84. The van der Waals surface area contributed by atoms with E-state index >= 15 is 0 Å². The number of amides is 1. The third kappa shape index (κ3) is 5.67. The van der Waals surface area contributed by atoms with E-state index in [1.807, 2.05) is 110 Å². The molecule has 0 radical (unpaired) electrons. The quantitative estimate of drug-likeness (QED) is 0.216. The smallest absolute Gasteiger partial charge is 0.239 e. The number of thioether (sulfide) groups is 1. The Labute approximate surface area is 230 Å². The average molecular weight is 533 g/mol. The van der Waals surface area contributed by atoms with Crippen LogP contribution < -0.4 is 5.32 Å². The zero-order valence-electron chi connectivity index (χ0n) is 20.9. The van der Waals surface area contributed by atoms with Crippen LogP contribution in [-0.2, 0) is 4.79 Å². The van der Waals surface area contributed by atoms with E-state index in [9.17, 15) is 10.1 Å². The molecule has 0 saturated carbocycles. The Morgan fingerprint density at radius 2 is 1.53 bits per heavy atom. The topological polar surface area (TPSA) is 78.7 Å². The lowest BCUT2D eigenvalue weighted by molar-refractivity contribution is -0.115. The third-order valence-electron chi connectivity index (χ3n) is 5.99. The highest BCUT2D eigenvalue weighted by atomic mass is 32.2. The predicted octanol–water partition coefficient (Wildman–Crippen LogP) is 7.84. The van der Waals surface area contributed by atoms with E-state index in [0.29, 0.717) is 15.7 Å². The molecule has 0 aliphatic heterocycles. The molecule has 38 heavy (non-hydrogen) atoms. The maximum Gasteiger partial charge on any atom is 0.239 e. The molecule has 0 spiro atoms. The van der Waals surface area contributed by atoms with Crippen LogP contribution in [0.15, 0.2) is 101 Å². The van der Waals surface area contributed by atoms with Crippen molar-refractivity contribution in [3.8, 4) is 39.7 Å². The van der Waals surface area contributed by atoms with Crippen molar-refractivity contribution in [2.75, 3.05) is 5.32 Å². The van der Waals surface area contributed by atoms with Crippen molar-refractivity contribution in [3.05, 3.63) is 108 Å². The van der Waals surface area contributed by atoms with Gasteiger partial charge in [-0.1, -0.05) is 102 Å². The molecular formula is C31H24N4OS2. The molecular weight excluding hydrogens is 509 g/mol. The van der Waals surface area contributed by atoms with E-state index in [2.05, 4.69) is 16.4 Å². The standard InChI is InChI=1S/C31H24N4OS2/c1-20-13-15-22(16-14-20)25-17-27(23-9-5-3-6-10-23)33-30(26(25)18-32)38-21(2)29(36)35-31-34-28(19-37-31)24-11-7-4-8-12-24/h3-17,19,21H,1-2H3,(H,34,35,36). The number of pyridine rings is 1. The molecule has 5 nitrogen and oxygen atoms in total. The number of carbonyl (C=O) groups excluding carboxylic acids is 1. The number of hydrogen-bond donors (Lipinski definition) is 1. The Kier molecular flexibility index (Phi) is 7.64. The summed E-state index contributed by atoms with van der Waals surface area (Å²) in [5, 5.41) is 15.6. The number of benzene rings is 3. The molecule has 5 rings (SSSR count). The molecule has 0 aliphatic rings. The molecule has 0 saturated heterocycles. The number of nitriles is 1. The summed E-state index contributed by atoms with van der Waals surface area (Å²) >= 11 is 2.66. The number of carbonyl (C=O) groups is 1. The number of nitrogens with one attached hydrogen (secondary N) is 1. The number of anilines is 1. The van der Waals surface area contributed by atoms with Crippen molar-refractivity contribution in [2.45, 2.75) is 24.1 Å². The minimum Gasteiger partial charge on any atom is -0.301 e. The molecule has 7 heteroatoms. The first-order valence-corrected chi connectivity index (χ1v) is 13.8. The van der Waals surface area contributed by atoms with Gasteiger partial charge in [0, 0.05) is 22.1 Å². The molecule has 5 aromatic rings. The van der Waals surface area contributed by atoms with Gasteiger partial charge < -0.3 is 5.32 Å². The predicted molar refractivity (Wildman–Crippen MR) is 156 cm³/mol. The number of aromatic nitrogens is 2. The maximum absolute atomic E-state index is 13.1. The van der Waals surface area contributed by atoms with Gasteiger partial charge in [-0.2, -0.15) is 5.26 Å². The Morgan fingerprint density at radius 1 is 0.895 bits per heavy atom. The number of aryl methyl sites for hydroxylation is 1. The van der Waals surface area contributed by atoms with Gasteiger partial charge in [0.05, 0.1) is 22.2 Å². The number of hydrogen-bond acceptors (Lipinski definition) is 6. The van der Waals surface area contributed by atoms with Gasteiger partial charge in [-0.05, 0) is 25.5 Å². The summed E-state index contributed by atoms with van der Waals surface area (Å²) in [6.07, 6.45) is 0. The highest BCUT2D eigenvalue weighted by Gasteiger charge is 2.22. The van der Waals surface area contributed by atoms with E-state index in [1.54, 1.807) is 0 Å². The van der Waals surface area contributed by atoms with Gasteiger partial charge in [-0.3, -0.25) is 4.79 Å². The van der Waals surface area contributed by atoms with Gasteiger partial charge in [0.2, 0.25) is 5.91 Å². The van der Waals surface area contributed by atoms with E-state index in [0.717, 1.165) is 39.2 Å². The number of nitrogens with zero attached hydrogens (tertiary/aromatic N) is 3. The van der Waals surface area contributed by atoms with E-state index < -0.39 is 5.25 Å². The van der Waals surface area contributed by atoms with Crippen LogP contribution in [0.1, 0.15) is 18.1 Å². The summed E-state index contributed by atoms with van der Waals surface area (Å²) < 4.78 is 0. The Morgan fingerprint density at radius 3 is 2.16 bits per heavy atom. The molecule has 1 amide bonds. The Hall–Kier alpha value is -4.25. The van der Waals surface area contributed by atoms with E-state index in [1.165, 1.54) is 23.1 Å². The van der Waals surface area contributed by atoms with Crippen LogP contribution in [0.5, 0.6) is 0 Å². The second-order valence-corrected chi connectivity index (χ2v) is 10.9. The van der Waals surface area contributed by atoms with Gasteiger partial charge in [0.25, 0.3) is 0 Å². The largest absolute Gasteiger partial charge is 0.301 e. The maximum atomic E-state index is 13.1. The van der Waals surface area contributed by atoms with Crippen LogP contribution in [0.2, 0.25) is 0 Å². The van der Waals surface area contributed by atoms with Crippen molar-refractivity contribution in [1.82, 2.24) is 9.97 Å². The molecule has 2 heterocycles. The summed E-state index contributed by atoms with van der Waals surface area (Å²) in [7, 11) is 0. The van der Waals surface area contributed by atoms with Crippen molar-refractivity contribution in [2.24, 2.45) is 0 Å². The molecule has 1 atom stereocenters. The lowest BCUT2D eigenvalue weighted by atomic mass is 9.98. The lowest BCUT2D eigenvalue weighted by Gasteiger charge is -2.15. The van der Waals surface area contributed by atoms with Crippen LogP contribution in [0, 0.1) is 18.3 Å². The first kappa shape index (κ1) is 25.4. The fourth-order valence-corrected chi connectivity index (χ4v) is 5.58. The van der Waals surface area contributed by atoms with Crippen molar-refractivity contribution in [1.29, 1.82) is 5.26 Å². The highest BCUT2D eigenvalue weighted by molar-refractivity contribution is 8.00. The molecule has 1 unspecified atom stereocenters. The van der Waals surface area contributed by atoms with E-state index in [4.69, 9.17) is 4.98 Å². The van der Waals surface area contributed by atoms with Crippen LogP contribution in [-0.4, -0.2) is 21.1 Å². The average Bonchev–Trinajstić information content (AvgIpc) is 3.42. The van der Waals surface area contributed by atoms with Crippen molar-refractivity contribution >= 4 is 34.1 Å². The molecule has 0 fully saturated rings. The minimum absolute atomic E-state index is 0.198. The molecule has 3 aromatic carbocycles. The zero-order chi connectivity index (χ0) is 26.5. The van der Waals surface area contributed by atoms with Gasteiger partial charge in [0.1, 0.15) is 11.1 Å². The second kappa shape index (κ2) is 11.4. The summed E-state index contributed by atoms with van der Waals surface area (Å²) in [4.78, 5) is 22.5. The van der Waals surface area contributed by atoms with Crippen LogP contribution >= 0.6 is 23.1 Å². The van der Waals surface area contributed by atoms with Crippen LogP contribution in [0.4, 0.5) is 5.13 Å². The zero-order valence-corrected chi connectivity index (χ0v) is 22.5. The summed E-state index contributed by atoms with van der Waals surface area (Å²) in [5.41, 5.74) is 6.84. The van der Waals surface area contributed by atoms with Gasteiger partial charge in [-0.25, -0.2) is 9.97 Å².